The zero-order valence-electron chi connectivity index (χ0n) is 10.9. The highest BCUT2D eigenvalue weighted by Crippen LogP contribution is 2.26. The van der Waals surface area contributed by atoms with Gasteiger partial charge in [-0.2, -0.15) is 0 Å². The second kappa shape index (κ2) is 5.96. The summed E-state index contributed by atoms with van der Waals surface area (Å²) in [5.74, 6) is 1.31. The summed E-state index contributed by atoms with van der Waals surface area (Å²) in [4.78, 5) is 0. The average molecular weight is 250 g/mol. The molecular formula is C14H22N2O2. The highest BCUT2D eigenvalue weighted by atomic mass is 16.5. The first-order chi connectivity index (χ1) is 8.67. The second-order valence-corrected chi connectivity index (χ2v) is 5.06. The van der Waals surface area contributed by atoms with Crippen LogP contribution in [0.25, 0.3) is 0 Å². The summed E-state index contributed by atoms with van der Waals surface area (Å²) in [5, 5.41) is 13.0. The number of nitrogens with one attached hydrogen (secondary N) is 1. The Bertz CT molecular complexity index is 395. The van der Waals surface area contributed by atoms with Gasteiger partial charge in [0.1, 0.15) is 5.75 Å². The van der Waals surface area contributed by atoms with E-state index in [4.69, 9.17) is 10.5 Å². The number of benzene rings is 1. The molecule has 0 aromatic heterocycles. The quantitative estimate of drug-likeness (QED) is 0.717. The number of hydrogen-bond acceptors (Lipinski definition) is 4. The fraction of sp³-hybridized carbons (Fsp3) is 0.571. The molecule has 0 spiro atoms. The highest BCUT2D eigenvalue weighted by molar-refractivity contribution is 5.59. The van der Waals surface area contributed by atoms with Crippen molar-refractivity contribution in [2.45, 2.75) is 31.8 Å². The Hall–Kier alpha value is -1.42. The van der Waals surface area contributed by atoms with Crippen LogP contribution in [0.4, 0.5) is 11.4 Å². The van der Waals surface area contributed by atoms with Crippen LogP contribution in [0.1, 0.15) is 25.7 Å². The lowest BCUT2D eigenvalue weighted by molar-refractivity contribution is 0.105. The van der Waals surface area contributed by atoms with Gasteiger partial charge in [-0.05, 0) is 31.2 Å². The SMILES string of the molecule is COc1cc(N)cc(NCC2CCCC(O)C2)c1. The van der Waals surface area contributed by atoms with Gasteiger partial charge in [0.2, 0.25) is 0 Å². The maximum Gasteiger partial charge on any atom is 0.122 e. The lowest BCUT2D eigenvalue weighted by Crippen LogP contribution is -2.25. The Kier molecular flexibility index (Phi) is 4.31. The number of aliphatic hydroxyl groups is 1. The molecule has 0 aliphatic heterocycles. The molecule has 2 unspecified atom stereocenters. The van der Waals surface area contributed by atoms with Gasteiger partial charge in [-0.15, -0.1) is 0 Å². The number of rotatable bonds is 4. The molecule has 1 aliphatic rings. The maximum absolute atomic E-state index is 9.64. The third kappa shape index (κ3) is 3.53. The molecule has 1 aromatic carbocycles. The minimum Gasteiger partial charge on any atom is -0.497 e. The first kappa shape index (κ1) is 13.0. The molecule has 0 radical (unpaired) electrons. The van der Waals surface area contributed by atoms with Gasteiger partial charge in [-0.25, -0.2) is 0 Å². The van der Waals surface area contributed by atoms with Crippen molar-refractivity contribution in [3.8, 4) is 5.75 Å². The molecule has 1 fully saturated rings. The maximum atomic E-state index is 9.64. The molecule has 0 amide bonds. The largest absolute Gasteiger partial charge is 0.497 e. The van der Waals surface area contributed by atoms with E-state index in [1.165, 1.54) is 6.42 Å². The van der Waals surface area contributed by atoms with E-state index in [9.17, 15) is 5.11 Å². The van der Waals surface area contributed by atoms with Gasteiger partial charge in [0.25, 0.3) is 0 Å². The van der Waals surface area contributed by atoms with Crippen LogP contribution in [0.5, 0.6) is 5.75 Å². The third-order valence-corrected chi connectivity index (χ3v) is 3.51. The van der Waals surface area contributed by atoms with Crippen molar-refractivity contribution < 1.29 is 9.84 Å². The fourth-order valence-electron chi connectivity index (χ4n) is 2.55. The Balaban J connectivity index is 1.91. The van der Waals surface area contributed by atoms with Crippen molar-refractivity contribution in [1.82, 2.24) is 0 Å². The summed E-state index contributed by atoms with van der Waals surface area (Å²) >= 11 is 0. The lowest BCUT2D eigenvalue weighted by atomic mass is 9.87. The number of methoxy groups -OCH3 is 1. The number of hydrogen-bond donors (Lipinski definition) is 3. The van der Waals surface area contributed by atoms with Gasteiger partial charge >= 0.3 is 0 Å². The summed E-state index contributed by atoms with van der Waals surface area (Å²) in [6, 6.07) is 5.65. The van der Waals surface area contributed by atoms with E-state index < -0.39 is 0 Å². The molecule has 0 saturated heterocycles. The summed E-state index contributed by atoms with van der Waals surface area (Å²) in [7, 11) is 1.63. The number of nitrogen functional groups attached to an aromatic ring is 1. The minimum absolute atomic E-state index is 0.124. The molecule has 4 nitrogen and oxygen atoms in total. The summed E-state index contributed by atoms with van der Waals surface area (Å²) in [6.07, 6.45) is 4.02. The first-order valence-corrected chi connectivity index (χ1v) is 6.54. The summed E-state index contributed by atoms with van der Waals surface area (Å²) in [6.45, 7) is 0.879. The van der Waals surface area contributed by atoms with Crippen LogP contribution in [-0.4, -0.2) is 24.9 Å². The van der Waals surface area contributed by atoms with Crippen molar-refractivity contribution >= 4 is 11.4 Å². The minimum atomic E-state index is -0.124. The molecule has 0 bridgehead atoms. The smallest absolute Gasteiger partial charge is 0.122 e. The number of nitrogens with two attached hydrogens (primary N) is 1. The molecule has 1 aromatic rings. The van der Waals surface area contributed by atoms with Crippen molar-refractivity contribution in [1.29, 1.82) is 0 Å². The standard InChI is InChI=1S/C14H22N2O2/c1-18-14-7-11(15)6-12(8-14)16-9-10-3-2-4-13(17)5-10/h6-8,10,13,16-17H,2-5,9,15H2,1H3. The van der Waals surface area contributed by atoms with Gasteiger partial charge in [0, 0.05) is 30.1 Å². The number of ether oxygens (including phenoxy) is 1. The van der Waals surface area contributed by atoms with Gasteiger partial charge in [0.15, 0.2) is 0 Å². The molecular weight excluding hydrogens is 228 g/mol. The third-order valence-electron chi connectivity index (χ3n) is 3.51. The Morgan fingerprint density at radius 3 is 2.94 bits per heavy atom. The van der Waals surface area contributed by atoms with E-state index in [2.05, 4.69) is 5.32 Å². The lowest BCUT2D eigenvalue weighted by Gasteiger charge is -2.26. The van der Waals surface area contributed by atoms with Crippen LogP contribution >= 0.6 is 0 Å². The molecule has 4 N–H and O–H groups in total. The van der Waals surface area contributed by atoms with E-state index in [-0.39, 0.29) is 6.10 Å². The topological polar surface area (TPSA) is 67.5 Å². The predicted molar refractivity (Wildman–Crippen MR) is 73.9 cm³/mol. The Morgan fingerprint density at radius 1 is 1.39 bits per heavy atom. The second-order valence-electron chi connectivity index (χ2n) is 5.06. The van der Waals surface area contributed by atoms with Crippen molar-refractivity contribution in [2.24, 2.45) is 5.92 Å². The van der Waals surface area contributed by atoms with E-state index in [1.54, 1.807) is 13.2 Å². The zero-order chi connectivity index (χ0) is 13.0. The summed E-state index contributed by atoms with van der Waals surface area (Å²) in [5.41, 5.74) is 7.48. The van der Waals surface area contributed by atoms with E-state index in [0.29, 0.717) is 11.6 Å². The van der Waals surface area contributed by atoms with E-state index in [0.717, 1.165) is 37.2 Å². The monoisotopic (exact) mass is 250 g/mol. The number of anilines is 2. The van der Waals surface area contributed by atoms with Gasteiger partial charge < -0.3 is 20.9 Å². The van der Waals surface area contributed by atoms with E-state index in [1.807, 2.05) is 12.1 Å². The molecule has 1 saturated carbocycles. The predicted octanol–water partition coefficient (Wildman–Crippen LogP) is 2.24. The summed E-state index contributed by atoms with van der Waals surface area (Å²) < 4.78 is 5.18. The normalized spacial score (nSPS) is 23.7. The van der Waals surface area contributed by atoms with Gasteiger partial charge in [-0.3, -0.25) is 0 Å². The average Bonchev–Trinajstić information content (AvgIpc) is 2.36. The van der Waals surface area contributed by atoms with Crippen molar-refractivity contribution in [2.75, 3.05) is 24.7 Å². The molecule has 1 aliphatic carbocycles. The molecule has 100 valence electrons. The van der Waals surface area contributed by atoms with Crippen LogP contribution in [-0.2, 0) is 0 Å². The Morgan fingerprint density at radius 2 is 2.22 bits per heavy atom. The van der Waals surface area contributed by atoms with Crippen LogP contribution in [0.15, 0.2) is 18.2 Å². The van der Waals surface area contributed by atoms with Crippen LogP contribution in [0, 0.1) is 5.92 Å². The number of aliphatic hydroxyl groups excluding tert-OH is 1. The Labute approximate surface area is 108 Å². The van der Waals surface area contributed by atoms with Crippen molar-refractivity contribution in [3.63, 3.8) is 0 Å². The molecule has 2 atom stereocenters. The molecule has 4 heteroatoms. The zero-order valence-corrected chi connectivity index (χ0v) is 10.9. The molecule has 2 rings (SSSR count). The fourth-order valence-corrected chi connectivity index (χ4v) is 2.55. The van der Waals surface area contributed by atoms with Crippen LogP contribution < -0.4 is 15.8 Å². The highest BCUT2D eigenvalue weighted by Gasteiger charge is 2.19. The van der Waals surface area contributed by atoms with Gasteiger partial charge in [-0.1, -0.05) is 6.42 Å². The van der Waals surface area contributed by atoms with Crippen LogP contribution in [0.2, 0.25) is 0 Å². The molecule has 0 heterocycles. The van der Waals surface area contributed by atoms with Crippen LogP contribution in [0.3, 0.4) is 0 Å². The van der Waals surface area contributed by atoms with Crippen molar-refractivity contribution in [3.05, 3.63) is 18.2 Å². The van der Waals surface area contributed by atoms with Gasteiger partial charge in [0.05, 0.1) is 13.2 Å². The molecule has 18 heavy (non-hydrogen) atoms. The first-order valence-electron chi connectivity index (χ1n) is 6.54. The van der Waals surface area contributed by atoms with E-state index >= 15 is 0 Å².